The maximum absolute atomic E-state index is 2.44. The summed E-state index contributed by atoms with van der Waals surface area (Å²) in [5, 5.41) is 0. The topological polar surface area (TPSA) is 0 Å². The van der Waals surface area contributed by atoms with Gasteiger partial charge in [0.1, 0.15) is 0 Å². The van der Waals surface area contributed by atoms with Crippen molar-refractivity contribution < 1.29 is 0 Å². The van der Waals surface area contributed by atoms with Gasteiger partial charge in [-0.3, -0.25) is 0 Å². The van der Waals surface area contributed by atoms with E-state index in [9.17, 15) is 0 Å². The second-order valence-corrected chi connectivity index (χ2v) is 5.10. The second-order valence-electron chi connectivity index (χ2n) is 5.10. The molecule has 0 saturated heterocycles. The van der Waals surface area contributed by atoms with Crippen LogP contribution >= 0.6 is 0 Å². The maximum Gasteiger partial charge on any atom is -0.0325 e. The summed E-state index contributed by atoms with van der Waals surface area (Å²) in [6.45, 7) is 7.15. The predicted molar refractivity (Wildman–Crippen MR) is 55.3 cm³/mol. The smallest absolute Gasteiger partial charge is 0.0325 e. The second kappa shape index (κ2) is 4.30. The minimum Gasteiger partial charge on any atom is -0.0654 e. The molecule has 1 unspecified atom stereocenters. The van der Waals surface area contributed by atoms with Gasteiger partial charge in [-0.1, -0.05) is 46.5 Å². The lowest BCUT2D eigenvalue weighted by molar-refractivity contribution is 0.393. The van der Waals surface area contributed by atoms with Crippen molar-refractivity contribution in [1.82, 2.24) is 0 Å². The van der Waals surface area contributed by atoms with Crippen LogP contribution in [0.5, 0.6) is 0 Å². The average molecular weight is 168 g/mol. The highest BCUT2D eigenvalue weighted by molar-refractivity contribution is 4.88. The molecule has 0 aliphatic heterocycles. The molecule has 1 rings (SSSR count). The van der Waals surface area contributed by atoms with E-state index in [1.165, 1.54) is 44.9 Å². The third-order valence-corrected chi connectivity index (χ3v) is 3.39. The zero-order valence-corrected chi connectivity index (χ0v) is 9.03. The van der Waals surface area contributed by atoms with Crippen molar-refractivity contribution >= 4 is 0 Å². The summed E-state index contributed by atoms with van der Waals surface area (Å²) >= 11 is 0. The van der Waals surface area contributed by atoms with Gasteiger partial charge in [0.05, 0.1) is 0 Å². The van der Waals surface area contributed by atoms with Crippen LogP contribution in [0.15, 0.2) is 0 Å². The highest BCUT2D eigenvalue weighted by atomic mass is 14.4. The van der Waals surface area contributed by atoms with E-state index in [0.717, 1.165) is 11.3 Å². The van der Waals surface area contributed by atoms with Gasteiger partial charge in [0, 0.05) is 0 Å². The maximum atomic E-state index is 2.44. The molecule has 0 nitrogen and oxygen atoms in total. The third-order valence-electron chi connectivity index (χ3n) is 3.39. The quantitative estimate of drug-likeness (QED) is 0.551. The molecule has 1 saturated carbocycles. The Kier molecular flexibility index (Phi) is 3.61. The van der Waals surface area contributed by atoms with Crippen molar-refractivity contribution in [3.05, 3.63) is 0 Å². The first-order chi connectivity index (χ1) is 5.66. The molecular weight excluding hydrogens is 144 g/mol. The van der Waals surface area contributed by atoms with Crippen molar-refractivity contribution in [3.63, 3.8) is 0 Å². The number of hydrogen-bond acceptors (Lipinski definition) is 0. The molecule has 0 spiro atoms. The van der Waals surface area contributed by atoms with Gasteiger partial charge in [-0.25, -0.2) is 0 Å². The molecule has 0 heteroatoms. The van der Waals surface area contributed by atoms with Crippen LogP contribution in [-0.4, -0.2) is 0 Å². The standard InChI is InChI=1S/C12H24/c1-4-5-6-11(2)7-8-12(3)9-10-12/h11H,4-10H2,1-3H3. The van der Waals surface area contributed by atoms with Crippen LogP contribution in [0.2, 0.25) is 0 Å². The average Bonchev–Trinajstić information content (AvgIpc) is 2.77. The molecule has 72 valence electrons. The third kappa shape index (κ3) is 3.60. The monoisotopic (exact) mass is 168 g/mol. The number of unbranched alkanes of at least 4 members (excludes halogenated alkanes) is 1. The Hall–Kier alpha value is 0. The van der Waals surface area contributed by atoms with Crippen LogP contribution in [0.3, 0.4) is 0 Å². The van der Waals surface area contributed by atoms with Crippen molar-refractivity contribution in [2.24, 2.45) is 11.3 Å². The molecule has 0 radical (unpaired) electrons. The largest absolute Gasteiger partial charge is 0.0654 e. The molecule has 0 heterocycles. The lowest BCUT2D eigenvalue weighted by Gasteiger charge is -2.13. The van der Waals surface area contributed by atoms with E-state index in [2.05, 4.69) is 20.8 Å². The van der Waals surface area contributed by atoms with E-state index < -0.39 is 0 Å². The van der Waals surface area contributed by atoms with Gasteiger partial charge in [0.2, 0.25) is 0 Å². The van der Waals surface area contributed by atoms with E-state index >= 15 is 0 Å². The van der Waals surface area contributed by atoms with Crippen molar-refractivity contribution in [1.29, 1.82) is 0 Å². The van der Waals surface area contributed by atoms with Crippen LogP contribution in [0, 0.1) is 11.3 Å². The van der Waals surface area contributed by atoms with Crippen molar-refractivity contribution in [3.8, 4) is 0 Å². The fourth-order valence-corrected chi connectivity index (χ4v) is 1.76. The van der Waals surface area contributed by atoms with E-state index in [-0.39, 0.29) is 0 Å². The zero-order chi connectivity index (χ0) is 9.03. The zero-order valence-electron chi connectivity index (χ0n) is 9.03. The predicted octanol–water partition coefficient (Wildman–Crippen LogP) is 4.39. The van der Waals surface area contributed by atoms with Crippen LogP contribution < -0.4 is 0 Å². The lowest BCUT2D eigenvalue weighted by Crippen LogP contribution is -2.00. The van der Waals surface area contributed by atoms with Crippen LogP contribution in [0.1, 0.15) is 65.7 Å². The van der Waals surface area contributed by atoms with E-state index in [4.69, 9.17) is 0 Å². The van der Waals surface area contributed by atoms with Crippen LogP contribution in [0.25, 0.3) is 0 Å². The minimum atomic E-state index is 0.778. The van der Waals surface area contributed by atoms with Gasteiger partial charge in [-0.05, 0) is 30.6 Å². The molecule has 0 aromatic heterocycles. The summed E-state index contributed by atoms with van der Waals surface area (Å²) in [6.07, 6.45) is 10.2. The van der Waals surface area contributed by atoms with Gasteiger partial charge in [0.25, 0.3) is 0 Å². The molecule has 1 aliphatic rings. The van der Waals surface area contributed by atoms with Gasteiger partial charge in [-0.2, -0.15) is 0 Å². The van der Waals surface area contributed by atoms with E-state index in [1.807, 2.05) is 0 Å². The van der Waals surface area contributed by atoms with Crippen molar-refractivity contribution in [2.45, 2.75) is 65.7 Å². The first-order valence-electron chi connectivity index (χ1n) is 5.66. The lowest BCUT2D eigenvalue weighted by atomic mass is 9.93. The van der Waals surface area contributed by atoms with Gasteiger partial charge in [0.15, 0.2) is 0 Å². The summed E-state index contributed by atoms with van der Waals surface area (Å²) in [5.74, 6) is 0.974. The van der Waals surface area contributed by atoms with Gasteiger partial charge < -0.3 is 0 Å². The molecule has 0 aromatic carbocycles. The van der Waals surface area contributed by atoms with Crippen LogP contribution in [-0.2, 0) is 0 Å². The Balaban J connectivity index is 1.98. The summed E-state index contributed by atoms with van der Waals surface area (Å²) in [6, 6.07) is 0. The summed E-state index contributed by atoms with van der Waals surface area (Å²) < 4.78 is 0. The Morgan fingerprint density at radius 1 is 1.25 bits per heavy atom. The molecule has 0 bridgehead atoms. The summed E-state index contributed by atoms with van der Waals surface area (Å²) in [5.41, 5.74) is 0.778. The minimum absolute atomic E-state index is 0.778. The Morgan fingerprint density at radius 3 is 2.42 bits per heavy atom. The molecule has 0 amide bonds. The van der Waals surface area contributed by atoms with Crippen LogP contribution in [0.4, 0.5) is 0 Å². The van der Waals surface area contributed by atoms with E-state index in [0.29, 0.717) is 0 Å². The SMILES string of the molecule is CCCCC(C)CCC1(C)CC1. The molecule has 1 aliphatic carbocycles. The highest BCUT2D eigenvalue weighted by Gasteiger charge is 2.36. The van der Waals surface area contributed by atoms with Gasteiger partial charge in [-0.15, -0.1) is 0 Å². The molecular formula is C12H24. The fourth-order valence-electron chi connectivity index (χ4n) is 1.76. The molecule has 0 N–H and O–H groups in total. The molecule has 1 atom stereocenters. The molecule has 0 aromatic rings. The first kappa shape index (κ1) is 10.1. The van der Waals surface area contributed by atoms with E-state index in [1.54, 1.807) is 0 Å². The fraction of sp³-hybridized carbons (Fsp3) is 1.00. The Bertz CT molecular complexity index is 122. The molecule has 12 heavy (non-hydrogen) atoms. The summed E-state index contributed by atoms with van der Waals surface area (Å²) in [7, 11) is 0. The summed E-state index contributed by atoms with van der Waals surface area (Å²) in [4.78, 5) is 0. The van der Waals surface area contributed by atoms with Crippen molar-refractivity contribution in [2.75, 3.05) is 0 Å². The highest BCUT2D eigenvalue weighted by Crippen LogP contribution is 2.49. The first-order valence-corrected chi connectivity index (χ1v) is 5.66. The molecule has 1 fully saturated rings. The Morgan fingerprint density at radius 2 is 1.92 bits per heavy atom. The number of rotatable bonds is 6. The normalized spacial score (nSPS) is 22.2. The number of hydrogen-bond donors (Lipinski definition) is 0. The van der Waals surface area contributed by atoms with Gasteiger partial charge >= 0.3 is 0 Å². The Labute approximate surface area is 77.7 Å².